The van der Waals surface area contributed by atoms with Gasteiger partial charge < -0.3 is 4.52 Å². The molecule has 0 spiro atoms. The van der Waals surface area contributed by atoms with Gasteiger partial charge in [-0.2, -0.15) is 4.98 Å². The summed E-state index contributed by atoms with van der Waals surface area (Å²) in [7, 11) is -3.38. The number of fused-ring (bicyclic) bond motifs is 1. The van der Waals surface area contributed by atoms with Crippen molar-refractivity contribution in [3.8, 4) is 0 Å². The van der Waals surface area contributed by atoms with Crippen molar-refractivity contribution in [3.05, 3.63) is 67.9 Å². The number of nitrogens with zero attached hydrogens (tertiary/aromatic N) is 5. The quantitative estimate of drug-likeness (QED) is 0.398. The number of aryl methyl sites for hydroxylation is 1. The van der Waals surface area contributed by atoms with Crippen molar-refractivity contribution in [1.29, 1.82) is 0 Å². The monoisotopic (exact) mass is 534 g/mol. The summed E-state index contributed by atoms with van der Waals surface area (Å²) in [6.45, 7) is 2.70. The number of hydrogen-bond acceptors (Lipinski definition) is 8. The van der Waals surface area contributed by atoms with Crippen molar-refractivity contribution in [2.24, 2.45) is 4.99 Å². The van der Waals surface area contributed by atoms with Crippen molar-refractivity contribution in [2.75, 3.05) is 11.0 Å². The predicted molar refractivity (Wildman–Crippen MR) is 137 cm³/mol. The molecule has 1 N–H and O–H groups in total. The molecular formula is C23H27ClN6O5S. The Morgan fingerprint density at radius 3 is 2.69 bits per heavy atom. The standard InChI is InChI=1S/C23H27ClN6O5S/c1-3-4-10-29-21-17(14-18(24)25-21)22(31)30(23(29)32)11-6-9-20-26-19(27-35-20)13-15-7-5-8-16(12-15)28-36(2,33)34/h5,7-8,12,28H,3-4,6,9-11,13-14H2,1-2H3. The van der Waals surface area contributed by atoms with E-state index in [0.717, 1.165) is 24.7 Å². The first-order valence-corrected chi connectivity index (χ1v) is 13.9. The van der Waals surface area contributed by atoms with Gasteiger partial charge in [0, 0.05) is 38.0 Å². The second-order valence-electron chi connectivity index (χ2n) is 8.67. The molecule has 0 bridgehead atoms. The molecule has 1 aliphatic heterocycles. The van der Waals surface area contributed by atoms with Gasteiger partial charge in [-0.25, -0.2) is 18.2 Å². The van der Waals surface area contributed by atoms with E-state index in [2.05, 4.69) is 19.9 Å². The second kappa shape index (κ2) is 10.8. The number of halogens is 1. The van der Waals surface area contributed by atoms with Crippen LogP contribution in [0.15, 0.2) is 43.4 Å². The molecule has 0 saturated carbocycles. The maximum absolute atomic E-state index is 13.0. The van der Waals surface area contributed by atoms with Crippen LogP contribution in [0.4, 0.5) is 11.5 Å². The van der Waals surface area contributed by atoms with Crippen LogP contribution in [0.2, 0.25) is 0 Å². The van der Waals surface area contributed by atoms with Gasteiger partial charge in [0.05, 0.1) is 11.8 Å². The molecule has 1 aromatic carbocycles. The number of anilines is 1. The topological polar surface area (TPSA) is 141 Å². The fourth-order valence-electron chi connectivity index (χ4n) is 4.04. The number of hydrogen-bond donors (Lipinski definition) is 1. The van der Waals surface area contributed by atoms with Crippen LogP contribution in [-0.4, -0.2) is 39.1 Å². The summed E-state index contributed by atoms with van der Waals surface area (Å²) < 4.78 is 33.4. The molecule has 0 radical (unpaired) electrons. The first-order valence-electron chi connectivity index (χ1n) is 11.6. The van der Waals surface area contributed by atoms with Crippen LogP contribution in [0, 0.1) is 0 Å². The summed E-state index contributed by atoms with van der Waals surface area (Å²) in [5.41, 5.74) is 0.958. The highest BCUT2D eigenvalue weighted by Gasteiger charge is 2.24. The fourth-order valence-corrected chi connectivity index (χ4v) is 4.80. The number of rotatable bonds is 11. The first-order chi connectivity index (χ1) is 17.1. The molecule has 36 heavy (non-hydrogen) atoms. The fraction of sp³-hybridized carbons (Fsp3) is 0.435. The lowest BCUT2D eigenvalue weighted by molar-refractivity contribution is 0.366. The van der Waals surface area contributed by atoms with Crippen molar-refractivity contribution in [2.45, 2.75) is 58.5 Å². The van der Waals surface area contributed by atoms with Crippen LogP contribution in [-0.2, 0) is 42.4 Å². The molecule has 192 valence electrons. The first kappa shape index (κ1) is 25.8. The molecule has 0 amide bonds. The minimum Gasteiger partial charge on any atom is -0.339 e. The van der Waals surface area contributed by atoms with Gasteiger partial charge in [0.15, 0.2) is 5.82 Å². The van der Waals surface area contributed by atoms with Gasteiger partial charge >= 0.3 is 5.69 Å². The molecule has 0 atom stereocenters. The predicted octanol–water partition coefficient (Wildman–Crippen LogP) is 2.61. The lowest BCUT2D eigenvalue weighted by Gasteiger charge is -2.13. The second-order valence-corrected chi connectivity index (χ2v) is 10.9. The SMILES string of the molecule is CCCCn1c2c(c(=O)n(CCCc3nc(Cc4cccc(NS(C)(=O)=O)c4)no3)c1=O)CC(Cl)=N2. The van der Waals surface area contributed by atoms with Crippen LogP contribution >= 0.6 is 11.6 Å². The Morgan fingerprint density at radius 1 is 1.17 bits per heavy atom. The van der Waals surface area contributed by atoms with Crippen molar-refractivity contribution in [3.63, 3.8) is 0 Å². The van der Waals surface area contributed by atoms with E-state index >= 15 is 0 Å². The third-order valence-electron chi connectivity index (χ3n) is 5.65. The molecule has 11 nitrogen and oxygen atoms in total. The number of sulfonamides is 1. The summed E-state index contributed by atoms with van der Waals surface area (Å²) in [5, 5.41) is 4.30. The Bertz CT molecular complexity index is 1520. The number of nitrogens with one attached hydrogen (secondary N) is 1. The van der Waals surface area contributed by atoms with Crippen LogP contribution in [0.1, 0.15) is 49.0 Å². The van der Waals surface area contributed by atoms with Crippen LogP contribution in [0.3, 0.4) is 0 Å². The highest BCUT2D eigenvalue weighted by molar-refractivity contribution is 7.92. The summed E-state index contributed by atoms with van der Waals surface area (Å²) in [6, 6.07) is 6.94. The van der Waals surface area contributed by atoms with Crippen molar-refractivity contribution in [1.82, 2.24) is 19.3 Å². The van der Waals surface area contributed by atoms with Crippen LogP contribution in [0.25, 0.3) is 0 Å². The highest BCUT2D eigenvalue weighted by Crippen LogP contribution is 2.24. The van der Waals surface area contributed by atoms with Gasteiger partial charge in [-0.15, -0.1) is 0 Å². The molecule has 4 rings (SSSR count). The number of aromatic nitrogens is 4. The van der Waals surface area contributed by atoms with Crippen molar-refractivity contribution < 1.29 is 12.9 Å². The summed E-state index contributed by atoms with van der Waals surface area (Å²) in [6.07, 6.45) is 4.20. The van der Waals surface area contributed by atoms with Gasteiger partial charge in [-0.05, 0) is 30.5 Å². The van der Waals surface area contributed by atoms with E-state index in [1.807, 2.05) is 13.0 Å². The van der Waals surface area contributed by atoms with E-state index in [-0.39, 0.29) is 18.5 Å². The molecule has 0 fully saturated rings. The molecule has 0 saturated heterocycles. The number of unbranched alkanes of at least 4 members (excludes halogenated alkanes) is 1. The van der Waals surface area contributed by atoms with Gasteiger partial charge in [0.2, 0.25) is 15.9 Å². The van der Waals surface area contributed by atoms with E-state index in [1.165, 1.54) is 9.13 Å². The number of aliphatic imine (C=N–C) groups is 1. The Labute approximate surface area is 212 Å². The summed E-state index contributed by atoms with van der Waals surface area (Å²) >= 11 is 6.07. The average Bonchev–Trinajstić information content (AvgIpc) is 3.41. The van der Waals surface area contributed by atoms with Gasteiger partial charge in [0.1, 0.15) is 11.0 Å². The third kappa shape index (κ3) is 6.11. The van der Waals surface area contributed by atoms with E-state index in [4.69, 9.17) is 16.1 Å². The maximum atomic E-state index is 13.0. The molecule has 2 aromatic heterocycles. The molecule has 3 aromatic rings. The van der Waals surface area contributed by atoms with Gasteiger partial charge in [-0.1, -0.05) is 42.2 Å². The minimum absolute atomic E-state index is 0.200. The summed E-state index contributed by atoms with van der Waals surface area (Å²) in [5.74, 6) is 1.21. The lowest BCUT2D eigenvalue weighted by Crippen LogP contribution is -2.41. The summed E-state index contributed by atoms with van der Waals surface area (Å²) in [4.78, 5) is 34.6. The van der Waals surface area contributed by atoms with E-state index in [1.54, 1.807) is 18.2 Å². The maximum Gasteiger partial charge on any atom is 0.332 e. The molecule has 3 heterocycles. The van der Waals surface area contributed by atoms with E-state index in [9.17, 15) is 18.0 Å². The molecular weight excluding hydrogens is 508 g/mol. The molecule has 1 aliphatic rings. The third-order valence-corrected chi connectivity index (χ3v) is 6.48. The smallest absolute Gasteiger partial charge is 0.332 e. The average molecular weight is 535 g/mol. The van der Waals surface area contributed by atoms with E-state index < -0.39 is 15.7 Å². The Hall–Kier alpha value is -3.25. The zero-order valence-electron chi connectivity index (χ0n) is 20.0. The number of benzene rings is 1. The highest BCUT2D eigenvalue weighted by atomic mass is 35.5. The Kier molecular flexibility index (Phi) is 7.74. The zero-order valence-corrected chi connectivity index (χ0v) is 21.6. The van der Waals surface area contributed by atoms with Crippen LogP contribution < -0.4 is 16.0 Å². The molecule has 0 aliphatic carbocycles. The lowest BCUT2D eigenvalue weighted by atomic mass is 10.1. The van der Waals surface area contributed by atoms with Crippen LogP contribution in [0.5, 0.6) is 0 Å². The van der Waals surface area contributed by atoms with Gasteiger partial charge in [0.25, 0.3) is 5.56 Å². The normalized spacial score (nSPS) is 13.0. The largest absolute Gasteiger partial charge is 0.339 e. The Morgan fingerprint density at radius 2 is 1.94 bits per heavy atom. The van der Waals surface area contributed by atoms with Gasteiger partial charge in [-0.3, -0.25) is 18.7 Å². The molecule has 0 unspecified atom stereocenters. The zero-order chi connectivity index (χ0) is 25.9. The minimum atomic E-state index is -3.38. The van der Waals surface area contributed by atoms with Crippen molar-refractivity contribution >= 4 is 38.3 Å². The van der Waals surface area contributed by atoms with E-state index in [0.29, 0.717) is 59.8 Å². The molecule has 13 heteroatoms. The Balaban J connectivity index is 1.43.